The fourth-order valence-electron chi connectivity index (χ4n) is 4.42. The van der Waals surface area contributed by atoms with Crippen LogP contribution in [-0.2, 0) is 14.3 Å². The second-order valence-electron chi connectivity index (χ2n) is 8.86. The van der Waals surface area contributed by atoms with Crippen molar-refractivity contribution in [3.63, 3.8) is 0 Å². The van der Waals surface area contributed by atoms with Gasteiger partial charge in [0.1, 0.15) is 5.75 Å². The third-order valence-corrected chi connectivity index (χ3v) is 8.02. The molecule has 11 heteroatoms. The lowest BCUT2D eigenvalue weighted by atomic mass is 9.93. The van der Waals surface area contributed by atoms with Gasteiger partial charge in [0.15, 0.2) is 11.4 Å². The number of hydrogen-bond donors (Lipinski definition) is 1. The highest BCUT2D eigenvalue weighted by Gasteiger charge is 2.35. The molecule has 3 aromatic carbocycles. The maximum atomic E-state index is 13.9. The van der Waals surface area contributed by atoms with Crippen LogP contribution >= 0.6 is 38.9 Å². The molecule has 2 heterocycles. The highest BCUT2D eigenvalue weighted by atomic mass is 79.9. The number of aromatic nitrogens is 1. The summed E-state index contributed by atoms with van der Waals surface area (Å²) >= 11 is 10.8. The van der Waals surface area contributed by atoms with Crippen LogP contribution in [0, 0.1) is 0 Å². The van der Waals surface area contributed by atoms with Gasteiger partial charge in [-0.05, 0) is 64.3 Å². The van der Waals surface area contributed by atoms with Gasteiger partial charge < -0.3 is 14.6 Å². The van der Waals surface area contributed by atoms with Crippen molar-refractivity contribution in [2.75, 3.05) is 13.2 Å². The molecule has 0 saturated carbocycles. The lowest BCUT2D eigenvalue weighted by Crippen LogP contribution is -2.40. The van der Waals surface area contributed by atoms with Crippen molar-refractivity contribution in [3.8, 4) is 5.75 Å². The average molecular weight is 654 g/mol. The predicted octanol–water partition coefficient (Wildman–Crippen LogP) is 4.81. The number of hydrogen-bond acceptors (Lipinski definition) is 7. The zero-order valence-corrected chi connectivity index (χ0v) is 24.7. The van der Waals surface area contributed by atoms with Crippen LogP contribution in [0.1, 0.15) is 29.7 Å². The molecule has 1 atom stereocenters. The number of benzene rings is 3. The number of carbonyl (C=O) groups excluding carboxylic acids is 1. The number of esters is 1. The molecule has 8 nitrogen and oxygen atoms in total. The number of ether oxygens (including phenoxy) is 2. The minimum atomic E-state index is -1.09. The molecule has 1 aliphatic heterocycles. The van der Waals surface area contributed by atoms with Crippen molar-refractivity contribution in [1.29, 1.82) is 0 Å². The van der Waals surface area contributed by atoms with Gasteiger partial charge in [0, 0.05) is 10.6 Å². The molecule has 1 aromatic heterocycles. The molecule has 0 aliphatic carbocycles. The molecule has 0 saturated heterocycles. The highest BCUT2D eigenvalue weighted by Crippen LogP contribution is 2.35. The van der Waals surface area contributed by atoms with E-state index < -0.39 is 24.6 Å². The molecular formula is C30H22BrClN2O6S. The number of fused-ring (bicyclic) bond motifs is 1. The smallest absolute Gasteiger partial charge is 0.341 e. The van der Waals surface area contributed by atoms with Crippen molar-refractivity contribution in [3.05, 3.63) is 124 Å². The number of carbonyl (C=O) groups is 2. The molecule has 5 rings (SSSR count). The Bertz CT molecular complexity index is 1850. The number of aliphatic carboxylic acids is 1. The fourth-order valence-corrected chi connectivity index (χ4v) is 6.05. The molecule has 208 valence electrons. The summed E-state index contributed by atoms with van der Waals surface area (Å²) in [6.45, 7) is 1.40. The first kappa shape index (κ1) is 28.5. The molecule has 1 aliphatic rings. The largest absolute Gasteiger partial charge is 0.481 e. The van der Waals surface area contributed by atoms with E-state index in [1.165, 1.54) is 15.9 Å². The molecule has 41 heavy (non-hydrogen) atoms. The van der Waals surface area contributed by atoms with Crippen LogP contribution < -0.4 is 19.6 Å². The number of carboxylic acids is 1. The van der Waals surface area contributed by atoms with Crippen LogP contribution in [0.2, 0.25) is 5.02 Å². The second-order valence-corrected chi connectivity index (χ2v) is 11.2. The highest BCUT2D eigenvalue weighted by molar-refractivity contribution is 9.10. The van der Waals surface area contributed by atoms with Crippen LogP contribution in [-0.4, -0.2) is 34.8 Å². The van der Waals surface area contributed by atoms with Crippen molar-refractivity contribution in [2.24, 2.45) is 4.99 Å². The first-order valence-corrected chi connectivity index (χ1v) is 14.4. The van der Waals surface area contributed by atoms with Gasteiger partial charge >= 0.3 is 11.9 Å². The van der Waals surface area contributed by atoms with Crippen LogP contribution in [0.4, 0.5) is 0 Å². The molecule has 0 unspecified atom stereocenters. The summed E-state index contributed by atoms with van der Waals surface area (Å²) in [6.07, 6.45) is 1.71. The van der Waals surface area contributed by atoms with Gasteiger partial charge in [-0.1, -0.05) is 71.5 Å². The van der Waals surface area contributed by atoms with E-state index in [9.17, 15) is 14.4 Å². The number of rotatable bonds is 8. The summed E-state index contributed by atoms with van der Waals surface area (Å²) in [5.41, 5.74) is 2.43. The zero-order valence-electron chi connectivity index (χ0n) is 21.5. The summed E-state index contributed by atoms with van der Waals surface area (Å²) in [7, 11) is 0. The summed E-state index contributed by atoms with van der Waals surface area (Å²) in [4.78, 5) is 43.5. The number of halogens is 2. The minimum Gasteiger partial charge on any atom is -0.481 e. The first-order valence-electron chi connectivity index (χ1n) is 12.4. The summed E-state index contributed by atoms with van der Waals surface area (Å²) in [5, 5.41) is 9.41. The molecule has 0 bridgehead atoms. The Labute approximate surface area is 251 Å². The number of carboxylic acid groups (broad SMARTS) is 1. The molecule has 0 fully saturated rings. The average Bonchev–Trinajstić information content (AvgIpc) is 3.27. The van der Waals surface area contributed by atoms with E-state index in [0.29, 0.717) is 47.0 Å². The standard InChI is InChI=1S/C30H22BrClN2O6S/c1-2-39-29(38)25-26(18-6-4-3-5-7-18)33-30-34(27(25)19-9-11-20(32)12-10-19)28(37)23(41-30)15-17-8-13-22(21(31)14-17)40-16-24(35)36/h3-15,27H,2,16H2,1H3,(H,35,36)/b23-15+/t27-/m0/s1. The maximum Gasteiger partial charge on any atom is 0.341 e. The maximum absolute atomic E-state index is 13.9. The van der Waals surface area contributed by atoms with E-state index >= 15 is 0 Å². The van der Waals surface area contributed by atoms with Gasteiger partial charge in [-0.15, -0.1) is 0 Å². The van der Waals surface area contributed by atoms with Gasteiger partial charge in [0.2, 0.25) is 0 Å². The monoisotopic (exact) mass is 652 g/mol. The third kappa shape index (κ3) is 6.04. The third-order valence-electron chi connectivity index (χ3n) is 6.16. The molecule has 1 N–H and O–H groups in total. The molecule has 0 amide bonds. The quantitative estimate of drug-likeness (QED) is 0.274. The molecular weight excluding hydrogens is 632 g/mol. The molecule has 0 radical (unpaired) electrons. The summed E-state index contributed by atoms with van der Waals surface area (Å²) in [6, 6.07) is 20.6. The number of nitrogens with zero attached hydrogens (tertiary/aromatic N) is 2. The van der Waals surface area contributed by atoms with E-state index in [2.05, 4.69) is 15.9 Å². The Morgan fingerprint density at radius 1 is 1.12 bits per heavy atom. The minimum absolute atomic E-state index is 0.156. The predicted molar refractivity (Wildman–Crippen MR) is 160 cm³/mol. The van der Waals surface area contributed by atoms with E-state index in [-0.39, 0.29) is 17.7 Å². The van der Waals surface area contributed by atoms with Crippen molar-refractivity contribution in [2.45, 2.75) is 13.0 Å². The topological polar surface area (TPSA) is 107 Å². The van der Waals surface area contributed by atoms with E-state index in [1.54, 1.807) is 55.5 Å². The lowest BCUT2D eigenvalue weighted by molar-refractivity contribution is -0.140. The van der Waals surface area contributed by atoms with E-state index in [4.69, 9.17) is 31.2 Å². The molecule has 0 spiro atoms. The zero-order chi connectivity index (χ0) is 29.1. The normalized spacial score (nSPS) is 14.8. The van der Waals surface area contributed by atoms with Crippen LogP contribution in [0.15, 0.2) is 92.6 Å². The van der Waals surface area contributed by atoms with Gasteiger partial charge in [-0.3, -0.25) is 9.36 Å². The van der Waals surface area contributed by atoms with Crippen molar-refractivity contribution >= 4 is 62.6 Å². The Hall–Kier alpha value is -3.99. The molecule has 4 aromatic rings. The van der Waals surface area contributed by atoms with Crippen LogP contribution in [0.5, 0.6) is 5.75 Å². The Morgan fingerprint density at radius 3 is 2.51 bits per heavy atom. The summed E-state index contributed by atoms with van der Waals surface area (Å²) in [5.74, 6) is -1.29. The number of thiazole rings is 1. The first-order chi connectivity index (χ1) is 19.8. The SMILES string of the molecule is CCOC(=O)C1=C(c2ccccc2)N=c2s/c(=C/c3ccc(OCC(=O)O)c(Br)c3)c(=O)n2[C@H]1c1ccc(Cl)cc1. The summed E-state index contributed by atoms with van der Waals surface area (Å²) < 4.78 is 13.2. The van der Waals surface area contributed by atoms with Gasteiger partial charge in [0.05, 0.1) is 32.9 Å². The van der Waals surface area contributed by atoms with E-state index in [1.807, 2.05) is 30.3 Å². The van der Waals surface area contributed by atoms with Gasteiger partial charge in [-0.25, -0.2) is 14.6 Å². The van der Waals surface area contributed by atoms with Gasteiger partial charge in [0.25, 0.3) is 5.56 Å². The van der Waals surface area contributed by atoms with Gasteiger partial charge in [-0.2, -0.15) is 0 Å². The Morgan fingerprint density at radius 2 is 1.85 bits per heavy atom. The van der Waals surface area contributed by atoms with Crippen molar-refractivity contribution in [1.82, 2.24) is 4.57 Å². The van der Waals surface area contributed by atoms with Crippen LogP contribution in [0.25, 0.3) is 11.8 Å². The second kappa shape index (κ2) is 12.3. The van der Waals surface area contributed by atoms with Crippen LogP contribution in [0.3, 0.4) is 0 Å². The lowest BCUT2D eigenvalue weighted by Gasteiger charge is -2.25. The van der Waals surface area contributed by atoms with Crippen molar-refractivity contribution < 1.29 is 24.2 Å². The van der Waals surface area contributed by atoms with E-state index in [0.717, 1.165) is 0 Å². The Kier molecular flexibility index (Phi) is 8.53. The fraction of sp³-hybridized carbons (Fsp3) is 0.133. The Balaban J connectivity index is 1.72.